The molecule has 1 atom stereocenters. The van der Waals surface area contributed by atoms with Crippen LogP contribution in [0.4, 0.5) is 13.2 Å². The highest BCUT2D eigenvalue weighted by atomic mass is 19.1. The average Bonchev–Trinajstić information content (AvgIpc) is 2.30. The van der Waals surface area contributed by atoms with Gasteiger partial charge in [0.2, 0.25) is 0 Å². The van der Waals surface area contributed by atoms with Crippen LogP contribution in [0.15, 0.2) is 18.2 Å². The van der Waals surface area contributed by atoms with Crippen molar-refractivity contribution in [1.29, 1.82) is 0 Å². The van der Waals surface area contributed by atoms with E-state index < -0.39 is 30.8 Å². The lowest BCUT2D eigenvalue weighted by Crippen LogP contribution is -2.47. The molecule has 0 fully saturated rings. The van der Waals surface area contributed by atoms with E-state index in [-0.39, 0.29) is 12.2 Å². The maximum absolute atomic E-state index is 13.4. The van der Waals surface area contributed by atoms with E-state index >= 15 is 0 Å². The maximum Gasteiger partial charge on any atom is 0.167 e. The highest BCUT2D eigenvalue weighted by Crippen LogP contribution is 2.40. The summed E-state index contributed by atoms with van der Waals surface area (Å²) in [6.45, 7) is -2.05. The number of benzene rings is 1. The molecule has 16 heavy (non-hydrogen) atoms. The molecule has 0 aromatic heterocycles. The summed E-state index contributed by atoms with van der Waals surface area (Å²) in [5.41, 5.74) is 4.59. The van der Waals surface area contributed by atoms with E-state index in [0.29, 0.717) is 5.56 Å². The topological polar surface area (TPSA) is 35.2 Å². The summed E-state index contributed by atoms with van der Waals surface area (Å²) in [4.78, 5) is 0. The van der Waals surface area contributed by atoms with Crippen molar-refractivity contribution in [2.24, 2.45) is 5.73 Å². The van der Waals surface area contributed by atoms with Crippen LogP contribution in [-0.2, 0) is 0 Å². The summed E-state index contributed by atoms with van der Waals surface area (Å²) in [7, 11) is 0. The third kappa shape index (κ3) is 1.65. The number of halogens is 3. The molecule has 0 bridgehead atoms. The lowest BCUT2D eigenvalue weighted by atomic mass is 9.89. The van der Waals surface area contributed by atoms with Gasteiger partial charge in [0.1, 0.15) is 13.3 Å². The molecule has 2 nitrogen and oxygen atoms in total. The van der Waals surface area contributed by atoms with Gasteiger partial charge in [-0.1, -0.05) is 12.1 Å². The van der Waals surface area contributed by atoms with Gasteiger partial charge < -0.3 is 10.5 Å². The minimum Gasteiger partial charge on any atom is -0.478 e. The first kappa shape index (κ1) is 11.3. The van der Waals surface area contributed by atoms with E-state index in [4.69, 9.17) is 10.5 Å². The van der Waals surface area contributed by atoms with Crippen LogP contribution < -0.4 is 10.5 Å². The van der Waals surface area contributed by atoms with E-state index in [1.807, 2.05) is 0 Å². The van der Waals surface area contributed by atoms with Crippen molar-refractivity contribution in [1.82, 2.24) is 0 Å². The van der Waals surface area contributed by atoms with Gasteiger partial charge in [-0.05, 0) is 6.07 Å². The monoisotopic (exact) mass is 231 g/mol. The molecule has 1 aliphatic heterocycles. The Labute approximate surface area is 91.2 Å². The van der Waals surface area contributed by atoms with Crippen molar-refractivity contribution in [2.75, 3.05) is 13.3 Å². The molecule has 5 heteroatoms. The molecule has 0 aliphatic carbocycles. The fourth-order valence-corrected chi connectivity index (χ4v) is 1.89. The number of hydrogen-bond acceptors (Lipinski definition) is 2. The summed E-state index contributed by atoms with van der Waals surface area (Å²) >= 11 is 0. The fraction of sp³-hybridized carbons (Fsp3) is 0.455. The van der Waals surface area contributed by atoms with Crippen molar-refractivity contribution >= 4 is 0 Å². The van der Waals surface area contributed by atoms with Crippen molar-refractivity contribution in [3.05, 3.63) is 29.6 Å². The molecule has 88 valence electrons. The zero-order valence-corrected chi connectivity index (χ0v) is 8.55. The van der Waals surface area contributed by atoms with Crippen LogP contribution in [0.1, 0.15) is 18.0 Å². The number of hydrogen-bond donors (Lipinski definition) is 1. The van der Waals surface area contributed by atoms with Gasteiger partial charge in [-0.2, -0.15) is 0 Å². The molecule has 0 saturated heterocycles. The molecular weight excluding hydrogens is 219 g/mol. The first-order valence-corrected chi connectivity index (χ1v) is 4.97. The van der Waals surface area contributed by atoms with Crippen molar-refractivity contribution in [2.45, 2.75) is 18.1 Å². The zero-order valence-electron chi connectivity index (χ0n) is 8.55. The van der Waals surface area contributed by atoms with Crippen LogP contribution in [0.25, 0.3) is 0 Å². The molecule has 0 radical (unpaired) electrons. The van der Waals surface area contributed by atoms with Gasteiger partial charge in [0.25, 0.3) is 0 Å². The minimum absolute atomic E-state index is 0.0104. The smallest absolute Gasteiger partial charge is 0.167 e. The second-order valence-corrected chi connectivity index (χ2v) is 4.02. The lowest BCUT2D eigenvalue weighted by Gasteiger charge is -2.37. The molecular formula is C11H12F3NO. The molecule has 0 unspecified atom stereocenters. The quantitative estimate of drug-likeness (QED) is 0.847. The highest BCUT2D eigenvalue weighted by Gasteiger charge is 2.41. The van der Waals surface area contributed by atoms with Gasteiger partial charge in [0, 0.05) is 18.0 Å². The molecule has 0 amide bonds. The summed E-state index contributed by atoms with van der Waals surface area (Å²) < 4.78 is 44.1. The normalized spacial score (nSPS) is 22.4. The van der Waals surface area contributed by atoms with Gasteiger partial charge >= 0.3 is 0 Å². The van der Waals surface area contributed by atoms with E-state index in [2.05, 4.69) is 0 Å². The summed E-state index contributed by atoms with van der Waals surface area (Å²) in [6, 6.07) is 3.67. The van der Waals surface area contributed by atoms with Gasteiger partial charge in [-0.3, -0.25) is 0 Å². The number of alkyl halides is 2. The molecule has 0 spiro atoms. The Kier molecular flexibility index (Phi) is 2.80. The minimum atomic E-state index is -1.63. The van der Waals surface area contributed by atoms with Gasteiger partial charge in [0.05, 0.1) is 0 Å². The Morgan fingerprint density at radius 1 is 1.38 bits per heavy atom. The Morgan fingerprint density at radius 3 is 2.69 bits per heavy atom. The number of nitrogens with two attached hydrogens (primary N) is 1. The first-order valence-electron chi connectivity index (χ1n) is 4.97. The number of rotatable bonds is 2. The van der Waals surface area contributed by atoms with Crippen LogP contribution >= 0.6 is 0 Å². The molecule has 0 saturated carbocycles. The Hall–Kier alpha value is -1.23. The zero-order chi connectivity index (χ0) is 11.8. The van der Waals surface area contributed by atoms with Crippen molar-refractivity contribution < 1.29 is 17.9 Å². The highest BCUT2D eigenvalue weighted by molar-refractivity contribution is 5.40. The van der Waals surface area contributed by atoms with E-state index in [1.54, 1.807) is 6.07 Å². The summed E-state index contributed by atoms with van der Waals surface area (Å²) in [6.07, 6.45) is 0.0104. The lowest BCUT2D eigenvalue weighted by molar-refractivity contribution is -0.0110. The standard InChI is InChI=1S/C11H12F3NO/c12-5-11(6-13)4-9(15)7-2-1-3-8(14)10(7)16-11/h1-3,9H,4-6,15H2/t9-/m1/s1. The third-order valence-electron chi connectivity index (χ3n) is 2.79. The van der Waals surface area contributed by atoms with E-state index in [0.717, 1.165) is 0 Å². The molecule has 1 aromatic carbocycles. The van der Waals surface area contributed by atoms with Crippen LogP contribution in [0, 0.1) is 5.82 Å². The van der Waals surface area contributed by atoms with Crippen molar-refractivity contribution in [3.8, 4) is 5.75 Å². The predicted molar refractivity (Wildman–Crippen MR) is 53.3 cm³/mol. The van der Waals surface area contributed by atoms with Gasteiger partial charge in [0.15, 0.2) is 17.2 Å². The average molecular weight is 231 g/mol. The second kappa shape index (κ2) is 3.97. The largest absolute Gasteiger partial charge is 0.478 e. The molecule has 2 N–H and O–H groups in total. The predicted octanol–water partition coefficient (Wildman–Crippen LogP) is 2.29. The molecule has 2 rings (SSSR count). The first-order chi connectivity index (χ1) is 7.62. The molecule has 1 aromatic rings. The Bertz CT molecular complexity index is 393. The SMILES string of the molecule is N[C@@H]1CC(CF)(CF)Oc2c(F)cccc21. The van der Waals surface area contributed by atoms with E-state index in [1.165, 1.54) is 12.1 Å². The van der Waals surface area contributed by atoms with Gasteiger partial charge in [-0.25, -0.2) is 13.2 Å². The summed E-state index contributed by atoms with van der Waals surface area (Å²) in [5, 5.41) is 0. The third-order valence-corrected chi connectivity index (χ3v) is 2.79. The van der Waals surface area contributed by atoms with Crippen LogP contribution in [0.3, 0.4) is 0 Å². The molecule has 1 aliphatic rings. The summed E-state index contributed by atoms with van der Waals surface area (Å²) in [5.74, 6) is -0.768. The van der Waals surface area contributed by atoms with E-state index in [9.17, 15) is 13.2 Å². The second-order valence-electron chi connectivity index (χ2n) is 4.02. The Balaban J connectivity index is 2.45. The fourth-order valence-electron chi connectivity index (χ4n) is 1.89. The van der Waals surface area contributed by atoms with Crippen molar-refractivity contribution in [3.63, 3.8) is 0 Å². The van der Waals surface area contributed by atoms with Gasteiger partial charge in [-0.15, -0.1) is 0 Å². The van der Waals surface area contributed by atoms with Crippen LogP contribution in [0.2, 0.25) is 0 Å². The molecule has 1 heterocycles. The maximum atomic E-state index is 13.4. The Morgan fingerprint density at radius 2 is 2.06 bits per heavy atom. The van der Waals surface area contributed by atoms with Crippen LogP contribution in [0.5, 0.6) is 5.75 Å². The number of para-hydroxylation sites is 1. The number of ether oxygens (including phenoxy) is 1. The van der Waals surface area contributed by atoms with Crippen LogP contribution in [-0.4, -0.2) is 19.0 Å². The number of fused-ring (bicyclic) bond motifs is 1.